The summed E-state index contributed by atoms with van der Waals surface area (Å²) in [6, 6.07) is 22.1. The number of nitro benzene ring substituents is 1. The highest BCUT2D eigenvalue weighted by atomic mass is 32.2. The molecule has 0 saturated carbocycles. The van der Waals surface area contributed by atoms with Crippen LogP contribution in [0.3, 0.4) is 0 Å². The summed E-state index contributed by atoms with van der Waals surface area (Å²) in [7, 11) is 0. The van der Waals surface area contributed by atoms with E-state index in [1.165, 1.54) is 40.9 Å². The number of amides is 2. The average Bonchev–Trinajstić information content (AvgIpc) is 2.98. The van der Waals surface area contributed by atoms with Crippen LogP contribution in [0.5, 0.6) is 0 Å². The molecule has 0 aromatic heterocycles. The number of hydrogen-bond donors (Lipinski definition) is 2. The monoisotopic (exact) mass is 572 g/mol. The molecular formula is C30H28N4O6S. The van der Waals surface area contributed by atoms with Crippen molar-refractivity contribution in [3.8, 4) is 0 Å². The van der Waals surface area contributed by atoms with Crippen molar-refractivity contribution in [2.75, 3.05) is 5.75 Å². The van der Waals surface area contributed by atoms with Crippen molar-refractivity contribution >= 4 is 35.2 Å². The standard InChI is InChI=1S/C30H28N4O6S/c1-19-7-5-6-10-22(19)16-31-24-18-41-29-26(32-25(35)15-20-8-3-2-4-9-20)28(36)33(29)27(24)30(37)40-17-21-11-13-23(14-12-21)34(38)39/h2-14,26,29,31H,15-18H2,1H3,(H,32,35)/t26?,29-/m1/s1. The van der Waals surface area contributed by atoms with Crippen molar-refractivity contribution in [3.63, 3.8) is 0 Å². The quantitative estimate of drug-likeness (QED) is 0.163. The molecule has 11 heteroatoms. The fourth-order valence-electron chi connectivity index (χ4n) is 4.69. The van der Waals surface area contributed by atoms with E-state index in [9.17, 15) is 24.5 Å². The third kappa shape index (κ3) is 6.25. The summed E-state index contributed by atoms with van der Waals surface area (Å²) in [5.74, 6) is -0.943. The number of fused-ring (bicyclic) bond motifs is 1. The number of carbonyl (C=O) groups is 3. The number of benzene rings is 3. The number of carbonyl (C=O) groups excluding carboxylic acids is 3. The molecule has 0 radical (unpaired) electrons. The Balaban J connectivity index is 1.32. The van der Waals surface area contributed by atoms with Crippen LogP contribution in [0.2, 0.25) is 0 Å². The van der Waals surface area contributed by atoms with Gasteiger partial charge in [0.25, 0.3) is 11.6 Å². The van der Waals surface area contributed by atoms with Crippen molar-refractivity contribution in [1.82, 2.24) is 15.5 Å². The van der Waals surface area contributed by atoms with Gasteiger partial charge < -0.3 is 15.4 Å². The van der Waals surface area contributed by atoms with E-state index in [1.54, 1.807) is 0 Å². The lowest BCUT2D eigenvalue weighted by atomic mass is 10.0. The highest BCUT2D eigenvalue weighted by Gasteiger charge is 2.54. The molecule has 2 aliphatic heterocycles. The Labute approximate surface area is 240 Å². The number of hydrogen-bond acceptors (Lipinski definition) is 8. The second kappa shape index (κ2) is 12.3. The molecular weight excluding hydrogens is 544 g/mol. The Bertz CT molecular complexity index is 1510. The first-order chi connectivity index (χ1) is 19.8. The summed E-state index contributed by atoms with van der Waals surface area (Å²) in [4.78, 5) is 51.2. The summed E-state index contributed by atoms with van der Waals surface area (Å²) in [5.41, 5.74) is 4.15. The van der Waals surface area contributed by atoms with E-state index < -0.39 is 22.3 Å². The van der Waals surface area contributed by atoms with Gasteiger partial charge in [-0.25, -0.2) is 4.79 Å². The van der Waals surface area contributed by atoms with Crippen LogP contribution in [-0.2, 0) is 38.7 Å². The second-order valence-electron chi connectivity index (χ2n) is 9.72. The van der Waals surface area contributed by atoms with E-state index in [2.05, 4.69) is 10.6 Å². The van der Waals surface area contributed by atoms with Gasteiger partial charge in [0.05, 0.1) is 17.0 Å². The number of esters is 1. The van der Waals surface area contributed by atoms with Gasteiger partial charge in [0.2, 0.25) is 5.91 Å². The lowest BCUT2D eigenvalue weighted by Gasteiger charge is -2.49. The molecule has 210 valence electrons. The van der Waals surface area contributed by atoms with E-state index in [1.807, 2.05) is 61.5 Å². The second-order valence-corrected chi connectivity index (χ2v) is 10.8. The minimum Gasteiger partial charge on any atom is -0.456 e. The van der Waals surface area contributed by atoms with Crippen molar-refractivity contribution < 1.29 is 24.0 Å². The normalized spacial score (nSPS) is 17.8. The molecule has 3 aromatic carbocycles. The first kappa shape index (κ1) is 27.9. The number of thioether (sulfide) groups is 1. The average molecular weight is 573 g/mol. The maximum atomic E-state index is 13.4. The highest BCUT2D eigenvalue weighted by molar-refractivity contribution is 8.00. The van der Waals surface area contributed by atoms with Crippen LogP contribution in [0.1, 0.15) is 22.3 Å². The molecule has 1 unspecified atom stereocenters. The van der Waals surface area contributed by atoms with Gasteiger partial charge in [0.15, 0.2) is 5.70 Å². The summed E-state index contributed by atoms with van der Waals surface area (Å²) in [6.07, 6.45) is 0.144. The molecule has 2 amide bonds. The zero-order valence-electron chi connectivity index (χ0n) is 22.2. The Kier molecular flexibility index (Phi) is 8.34. The largest absolute Gasteiger partial charge is 0.456 e. The Morgan fingerprint density at radius 3 is 2.44 bits per heavy atom. The molecule has 1 saturated heterocycles. The third-order valence-corrected chi connectivity index (χ3v) is 8.24. The van der Waals surface area contributed by atoms with Gasteiger partial charge in [-0.2, -0.15) is 0 Å². The van der Waals surface area contributed by atoms with Crippen molar-refractivity contribution in [2.45, 2.75) is 37.9 Å². The van der Waals surface area contributed by atoms with Crippen LogP contribution in [0.15, 0.2) is 90.3 Å². The zero-order valence-corrected chi connectivity index (χ0v) is 23.1. The lowest BCUT2D eigenvalue weighted by Crippen LogP contribution is -2.71. The van der Waals surface area contributed by atoms with Crippen molar-refractivity contribution in [3.05, 3.63) is 123 Å². The van der Waals surface area contributed by atoms with Gasteiger partial charge >= 0.3 is 5.97 Å². The lowest BCUT2D eigenvalue weighted by molar-refractivity contribution is -0.384. The minimum atomic E-state index is -0.758. The van der Waals surface area contributed by atoms with E-state index in [4.69, 9.17) is 4.74 Å². The summed E-state index contributed by atoms with van der Waals surface area (Å²) in [6.45, 7) is 2.33. The van der Waals surface area contributed by atoms with E-state index in [0.29, 0.717) is 23.6 Å². The predicted octanol–water partition coefficient (Wildman–Crippen LogP) is 3.59. The van der Waals surface area contributed by atoms with Gasteiger partial charge in [-0.1, -0.05) is 54.6 Å². The molecule has 10 nitrogen and oxygen atoms in total. The molecule has 0 bridgehead atoms. The predicted molar refractivity (Wildman–Crippen MR) is 153 cm³/mol. The molecule has 3 aromatic rings. The maximum Gasteiger partial charge on any atom is 0.357 e. The summed E-state index contributed by atoms with van der Waals surface area (Å²) in [5, 5.41) is 16.6. The molecule has 1 fully saturated rings. The number of aryl methyl sites for hydroxylation is 1. The molecule has 5 rings (SSSR count). The van der Waals surface area contributed by atoms with Gasteiger partial charge in [0, 0.05) is 24.4 Å². The van der Waals surface area contributed by atoms with Gasteiger partial charge in [0.1, 0.15) is 18.0 Å². The van der Waals surface area contributed by atoms with E-state index >= 15 is 0 Å². The maximum absolute atomic E-state index is 13.4. The number of ether oxygens (including phenoxy) is 1. The Hall–Kier alpha value is -4.64. The Morgan fingerprint density at radius 1 is 1.02 bits per heavy atom. The number of rotatable bonds is 10. The van der Waals surface area contributed by atoms with Crippen LogP contribution >= 0.6 is 11.8 Å². The SMILES string of the molecule is Cc1ccccc1CNC1=C(C(=O)OCc2ccc([N+](=O)[O-])cc2)N2C(=O)C(NC(=O)Cc3ccccc3)[C@H]2SC1. The fraction of sp³-hybridized carbons (Fsp3) is 0.233. The van der Waals surface area contributed by atoms with Crippen LogP contribution in [-0.4, -0.2) is 44.8 Å². The van der Waals surface area contributed by atoms with E-state index in [0.717, 1.165) is 16.7 Å². The summed E-state index contributed by atoms with van der Waals surface area (Å²) >= 11 is 1.46. The van der Waals surface area contributed by atoms with Crippen LogP contribution < -0.4 is 10.6 Å². The molecule has 2 atom stereocenters. The van der Waals surface area contributed by atoms with Crippen LogP contribution in [0, 0.1) is 17.0 Å². The molecule has 0 spiro atoms. The van der Waals surface area contributed by atoms with E-state index in [-0.39, 0.29) is 36.2 Å². The molecule has 0 aliphatic carbocycles. The molecule has 41 heavy (non-hydrogen) atoms. The fourth-order valence-corrected chi connectivity index (χ4v) is 6.00. The highest BCUT2D eigenvalue weighted by Crippen LogP contribution is 2.40. The molecule has 2 N–H and O–H groups in total. The van der Waals surface area contributed by atoms with Gasteiger partial charge in [-0.05, 0) is 41.3 Å². The number of nitrogens with zero attached hydrogens (tertiary/aromatic N) is 2. The Morgan fingerprint density at radius 2 is 1.73 bits per heavy atom. The van der Waals surface area contributed by atoms with Crippen LogP contribution in [0.25, 0.3) is 0 Å². The topological polar surface area (TPSA) is 131 Å². The molecule has 2 heterocycles. The van der Waals surface area contributed by atoms with Crippen molar-refractivity contribution in [1.29, 1.82) is 0 Å². The van der Waals surface area contributed by atoms with Gasteiger partial charge in [-0.15, -0.1) is 11.8 Å². The third-order valence-electron chi connectivity index (χ3n) is 6.96. The first-order valence-electron chi connectivity index (χ1n) is 13.0. The molecule has 2 aliphatic rings. The number of nitrogens with one attached hydrogen (secondary N) is 2. The van der Waals surface area contributed by atoms with Gasteiger partial charge in [-0.3, -0.25) is 24.6 Å². The number of non-ortho nitro benzene ring substituents is 1. The first-order valence-corrected chi connectivity index (χ1v) is 14.1. The van der Waals surface area contributed by atoms with Crippen LogP contribution in [0.4, 0.5) is 5.69 Å². The zero-order chi connectivity index (χ0) is 28.9. The smallest absolute Gasteiger partial charge is 0.357 e. The van der Waals surface area contributed by atoms with Crippen molar-refractivity contribution in [2.24, 2.45) is 0 Å². The summed E-state index contributed by atoms with van der Waals surface area (Å²) < 4.78 is 5.57. The number of nitro groups is 1. The minimum absolute atomic E-state index is 0.0656. The number of β-lactam (4-membered cyclic amide) rings is 1.